The third kappa shape index (κ3) is 5.49. The molecule has 0 nitrogen and oxygen atoms in total. The third-order valence-electron chi connectivity index (χ3n) is 6.38. The van der Waals surface area contributed by atoms with Gasteiger partial charge in [-0.2, -0.15) is 0 Å². The first-order valence-electron chi connectivity index (χ1n) is 9.88. The van der Waals surface area contributed by atoms with Crippen LogP contribution in [-0.4, -0.2) is 12.3 Å². The molecule has 2 aliphatic carbocycles. The highest BCUT2D eigenvalue weighted by Gasteiger charge is 2.35. The predicted molar refractivity (Wildman–Crippen MR) is 90.5 cm³/mol. The standard InChI is InChI=1S/C20H36F2/c1-3-5-15(2)6-4-7-16-8-10-17(11-9-16)18-12-13-19(21)20(22)14-18/h15-20H,3-14H2,1-2H3. The van der Waals surface area contributed by atoms with Gasteiger partial charge in [0.05, 0.1) is 0 Å². The molecule has 0 radical (unpaired) electrons. The summed E-state index contributed by atoms with van der Waals surface area (Å²) in [7, 11) is 0. The van der Waals surface area contributed by atoms with Gasteiger partial charge in [0.25, 0.3) is 0 Å². The van der Waals surface area contributed by atoms with Crippen molar-refractivity contribution in [2.45, 2.75) is 103 Å². The van der Waals surface area contributed by atoms with Gasteiger partial charge in [-0.15, -0.1) is 0 Å². The Kier molecular flexibility index (Phi) is 7.63. The Morgan fingerprint density at radius 1 is 0.864 bits per heavy atom. The van der Waals surface area contributed by atoms with Crippen LogP contribution in [0.1, 0.15) is 90.9 Å². The summed E-state index contributed by atoms with van der Waals surface area (Å²) in [6.45, 7) is 4.66. The summed E-state index contributed by atoms with van der Waals surface area (Å²) in [5.74, 6) is 2.94. The maximum atomic E-state index is 13.6. The fourth-order valence-corrected chi connectivity index (χ4v) is 4.88. The summed E-state index contributed by atoms with van der Waals surface area (Å²) in [6.07, 6.45) is 11.5. The second kappa shape index (κ2) is 9.23. The van der Waals surface area contributed by atoms with E-state index in [0.717, 1.165) is 18.3 Å². The number of alkyl halides is 2. The SMILES string of the molecule is CCCC(C)CCCC1CCC(C2CCC(F)C(F)C2)CC1. The van der Waals surface area contributed by atoms with E-state index >= 15 is 0 Å². The van der Waals surface area contributed by atoms with E-state index in [1.807, 2.05) is 0 Å². The number of hydrogen-bond acceptors (Lipinski definition) is 0. The molecule has 2 rings (SSSR count). The van der Waals surface area contributed by atoms with Crippen LogP contribution in [0.25, 0.3) is 0 Å². The largest absolute Gasteiger partial charge is 0.244 e. The Labute approximate surface area is 136 Å². The molecular weight excluding hydrogens is 278 g/mol. The molecule has 2 aliphatic rings. The van der Waals surface area contributed by atoms with Crippen molar-refractivity contribution >= 4 is 0 Å². The molecule has 0 spiro atoms. The zero-order valence-electron chi connectivity index (χ0n) is 14.7. The van der Waals surface area contributed by atoms with Gasteiger partial charge in [0, 0.05) is 0 Å². The highest BCUT2D eigenvalue weighted by Crippen LogP contribution is 2.42. The van der Waals surface area contributed by atoms with Gasteiger partial charge in [0.15, 0.2) is 0 Å². The Morgan fingerprint density at radius 2 is 1.55 bits per heavy atom. The molecule has 0 aliphatic heterocycles. The van der Waals surface area contributed by atoms with Gasteiger partial charge in [-0.1, -0.05) is 58.8 Å². The van der Waals surface area contributed by atoms with Crippen molar-refractivity contribution in [2.75, 3.05) is 0 Å². The predicted octanol–water partition coefficient (Wildman–Crippen LogP) is 6.88. The van der Waals surface area contributed by atoms with Gasteiger partial charge in [0.2, 0.25) is 0 Å². The van der Waals surface area contributed by atoms with E-state index in [9.17, 15) is 8.78 Å². The van der Waals surface area contributed by atoms with E-state index in [2.05, 4.69) is 13.8 Å². The maximum Gasteiger partial charge on any atom is 0.131 e. The van der Waals surface area contributed by atoms with E-state index in [4.69, 9.17) is 0 Å². The minimum atomic E-state index is -1.18. The van der Waals surface area contributed by atoms with E-state index in [1.165, 1.54) is 57.8 Å². The van der Waals surface area contributed by atoms with E-state index < -0.39 is 12.3 Å². The van der Waals surface area contributed by atoms with Crippen molar-refractivity contribution in [2.24, 2.45) is 23.7 Å². The smallest absolute Gasteiger partial charge is 0.131 e. The van der Waals surface area contributed by atoms with Crippen molar-refractivity contribution in [3.63, 3.8) is 0 Å². The van der Waals surface area contributed by atoms with Crippen LogP contribution in [0, 0.1) is 23.7 Å². The maximum absolute atomic E-state index is 13.6. The molecule has 0 aromatic heterocycles. The second-order valence-electron chi connectivity index (χ2n) is 8.21. The lowest BCUT2D eigenvalue weighted by Crippen LogP contribution is -2.32. The molecule has 2 fully saturated rings. The van der Waals surface area contributed by atoms with Gasteiger partial charge >= 0.3 is 0 Å². The Balaban J connectivity index is 1.61. The second-order valence-corrected chi connectivity index (χ2v) is 8.21. The Bertz CT molecular complexity index is 296. The van der Waals surface area contributed by atoms with Crippen LogP contribution in [-0.2, 0) is 0 Å². The quantitative estimate of drug-likeness (QED) is 0.480. The fraction of sp³-hybridized carbons (Fsp3) is 1.00. The van der Waals surface area contributed by atoms with Crippen molar-refractivity contribution < 1.29 is 8.78 Å². The third-order valence-corrected chi connectivity index (χ3v) is 6.38. The summed E-state index contributed by atoms with van der Waals surface area (Å²) in [6, 6.07) is 0. The zero-order chi connectivity index (χ0) is 15.9. The van der Waals surface area contributed by atoms with Crippen molar-refractivity contribution in [1.82, 2.24) is 0 Å². The molecule has 0 heterocycles. The molecule has 0 aromatic rings. The Hall–Kier alpha value is -0.140. The van der Waals surface area contributed by atoms with Gasteiger partial charge in [-0.3, -0.25) is 0 Å². The minimum absolute atomic E-state index is 0.459. The van der Waals surface area contributed by atoms with Gasteiger partial charge in [0.1, 0.15) is 12.3 Å². The van der Waals surface area contributed by atoms with Crippen LogP contribution in [0.5, 0.6) is 0 Å². The molecule has 0 amide bonds. The van der Waals surface area contributed by atoms with Crippen LogP contribution < -0.4 is 0 Å². The van der Waals surface area contributed by atoms with Crippen molar-refractivity contribution in [3.05, 3.63) is 0 Å². The lowest BCUT2D eigenvalue weighted by molar-refractivity contribution is 0.0543. The zero-order valence-corrected chi connectivity index (χ0v) is 14.7. The van der Waals surface area contributed by atoms with E-state index in [-0.39, 0.29) is 0 Å². The molecule has 130 valence electrons. The summed E-state index contributed by atoms with van der Waals surface area (Å²) < 4.78 is 26.9. The molecule has 22 heavy (non-hydrogen) atoms. The number of rotatable bonds is 7. The molecule has 2 saturated carbocycles. The first-order valence-corrected chi connectivity index (χ1v) is 9.88. The first kappa shape index (κ1) is 18.2. The van der Waals surface area contributed by atoms with Crippen molar-refractivity contribution in [1.29, 1.82) is 0 Å². The molecule has 2 heteroatoms. The normalized spacial score (nSPS) is 37.9. The molecule has 0 bridgehead atoms. The Morgan fingerprint density at radius 3 is 2.18 bits per heavy atom. The molecule has 0 saturated heterocycles. The lowest BCUT2D eigenvalue weighted by atomic mass is 9.69. The molecule has 4 atom stereocenters. The van der Waals surface area contributed by atoms with Gasteiger partial charge in [-0.05, 0) is 55.8 Å². The summed E-state index contributed by atoms with van der Waals surface area (Å²) in [5.41, 5.74) is 0. The molecule has 0 aromatic carbocycles. The summed E-state index contributed by atoms with van der Waals surface area (Å²) >= 11 is 0. The van der Waals surface area contributed by atoms with Crippen LogP contribution in [0.3, 0.4) is 0 Å². The van der Waals surface area contributed by atoms with Crippen molar-refractivity contribution in [3.8, 4) is 0 Å². The average molecular weight is 315 g/mol. The van der Waals surface area contributed by atoms with Gasteiger partial charge in [-0.25, -0.2) is 8.78 Å². The molecule has 0 N–H and O–H groups in total. The number of hydrogen-bond donors (Lipinski definition) is 0. The highest BCUT2D eigenvalue weighted by atomic mass is 19.2. The van der Waals surface area contributed by atoms with Crippen LogP contribution in [0.4, 0.5) is 8.78 Å². The fourth-order valence-electron chi connectivity index (χ4n) is 4.88. The van der Waals surface area contributed by atoms with E-state index in [0.29, 0.717) is 24.7 Å². The van der Waals surface area contributed by atoms with E-state index in [1.54, 1.807) is 0 Å². The monoisotopic (exact) mass is 314 g/mol. The highest BCUT2D eigenvalue weighted by molar-refractivity contribution is 4.86. The molecular formula is C20H36F2. The average Bonchev–Trinajstić information content (AvgIpc) is 2.51. The van der Waals surface area contributed by atoms with Crippen LogP contribution in [0.2, 0.25) is 0 Å². The number of halogens is 2. The van der Waals surface area contributed by atoms with Crippen LogP contribution >= 0.6 is 0 Å². The summed E-state index contributed by atoms with van der Waals surface area (Å²) in [4.78, 5) is 0. The van der Waals surface area contributed by atoms with Gasteiger partial charge < -0.3 is 0 Å². The first-order chi connectivity index (χ1) is 10.6. The topological polar surface area (TPSA) is 0 Å². The molecule has 4 unspecified atom stereocenters. The lowest BCUT2D eigenvalue weighted by Gasteiger charge is -2.37. The minimum Gasteiger partial charge on any atom is -0.244 e. The van der Waals surface area contributed by atoms with Crippen LogP contribution in [0.15, 0.2) is 0 Å². The summed E-state index contributed by atoms with van der Waals surface area (Å²) in [5, 5.41) is 0.